The molecule has 4 nitrogen and oxygen atoms in total. The quantitative estimate of drug-likeness (QED) is 0.762. The summed E-state index contributed by atoms with van der Waals surface area (Å²) in [6.07, 6.45) is 7.49. The van der Waals surface area contributed by atoms with Gasteiger partial charge in [-0.05, 0) is 50.3 Å². The maximum Gasteiger partial charge on any atom is 0.244 e. The number of piperidine rings is 1. The number of rotatable bonds is 7. The summed E-state index contributed by atoms with van der Waals surface area (Å²) in [5.41, 5.74) is 3.55. The fourth-order valence-corrected chi connectivity index (χ4v) is 3.48. The maximum atomic E-state index is 12.3. The number of carbonyl (C=O) groups excluding carboxylic acids is 1. The molecule has 142 valence electrons. The van der Waals surface area contributed by atoms with E-state index >= 15 is 0 Å². The predicted molar refractivity (Wildman–Crippen MR) is 109 cm³/mol. The fraction of sp³-hybridized carbons (Fsp3) is 0.391. The molecule has 1 aliphatic heterocycles. The van der Waals surface area contributed by atoms with E-state index in [2.05, 4.69) is 45.5 Å². The highest BCUT2D eigenvalue weighted by Crippen LogP contribution is 2.13. The standard InChI is InChI=1S/C23H29N3O/c1-19(10-11-20-7-3-2-4-8-20)17-23(27)25-21-12-15-26(16-13-21)18-22-9-5-6-14-24-22/h2-9,14,17,21H,10-13,15-16,18H2,1H3,(H,25,27). The first-order valence-electron chi connectivity index (χ1n) is 9.83. The van der Waals surface area contributed by atoms with Crippen LogP contribution < -0.4 is 5.32 Å². The Morgan fingerprint density at radius 3 is 2.59 bits per heavy atom. The van der Waals surface area contributed by atoms with Gasteiger partial charge >= 0.3 is 0 Å². The van der Waals surface area contributed by atoms with Gasteiger partial charge in [-0.1, -0.05) is 42.0 Å². The molecule has 1 aromatic carbocycles. The number of nitrogens with zero attached hydrogens (tertiary/aromatic N) is 2. The van der Waals surface area contributed by atoms with Crippen LogP contribution in [-0.2, 0) is 17.8 Å². The van der Waals surface area contributed by atoms with Gasteiger partial charge in [0.15, 0.2) is 0 Å². The topological polar surface area (TPSA) is 45.2 Å². The normalized spacial score (nSPS) is 16.3. The molecule has 0 atom stereocenters. The molecule has 2 aromatic rings. The molecule has 0 unspecified atom stereocenters. The Balaban J connectivity index is 1.38. The third kappa shape index (κ3) is 6.65. The number of aromatic nitrogens is 1. The first kappa shape index (κ1) is 19.3. The molecular weight excluding hydrogens is 334 g/mol. The minimum Gasteiger partial charge on any atom is -0.350 e. The fourth-order valence-electron chi connectivity index (χ4n) is 3.48. The molecule has 1 aliphatic rings. The van der Waals surface area contributed by atoms with Gasteiger partial charge in [-0.15, -0.1) is 0 Å². The minimum atomic E-state index is 0.0451. The number of allylic oxidation sites excluding steroid dienone is 1. The molecule has 0 aliphatic carbocycles. The number of likely N-dealkylation sites (tertiary alicyclic amines) is 1. The summed E-state index contributed by atoms with van der Waals surface area (Å²) in [4.78, 5) is 19.1. The maximum absolute atomic E-state index is 12.3. The van der Waals surface area contributed by atoms with E-state index in [1.165, 1.54) is 5.56 Å². The zero-order valence-electron chi connectivity index (χ0n) is 16.1. The van der Waals surface area contributed by atoms with E-state index in [9.17, 15) is 4.79 Å². The van der Waals surface area contributed by atoms with Gasteiger partial charge in [0.25, 0.3) is 0 Å². The van der Waals surface area contributed by atoms with Crippen molar-refractivity contribution in [2.75, 3.05) is 13.1 Å². The molecule has 1 aromatic heterocycles. The SMILES string of the molecule is CC(=CC(=O)NC1CCN(Cc2ccccn2)CC1)CCc1ccccc1. The minimum absolute atomic E-state index is 0.0451. The Bertz CT molecular complexity index is 735. The largest absolute Gasteiger partial charge is 0.350 e. The number of amides is 1. The van der Waals surface area contributed by atoms with Crippen molar-refractivity contribution >= 4 is 5.91 Å². The van der Waals surface area contributed by atoms with E-state index in [1.807, 2.05) is 31.3 Å². The van der Waals surface area contributed by atoms with Crippen molar-refractivity contribution in [3.63, 3.8) is 0 Å². The molecular formula is C23H29N3O. The Hall–Kier alpha value is -2.46. The van der Waals surface area contributed by atoms with Crippen LogP contribution in [0.1, 0.15) is 37.4 Å². The van der Waals surface area contributed by atoms with E-state index in [0.29, 0.717) is 0 Å². The van der Waals surface area contributed by atoms with Crippen molar-refractivity contribution in [3.8, 4) is 0 Å². The lowest BCUT2D eigenvalue weighted by Gasteiger charge is -2.31. The van der Waals surface area contributed by atoms with Gasteiger partial charge in [0.2, 0.25) is 5.91 Å². The lowest BCUT2D eigenvalue weighted by molar-refractivity contribution is -0.117. The van der Waals surface area contributed by atoms with Gasteiger partial charge in [-0.2, -0.15) is 0 Å². The van der Waals surface area contributed by atoms with Crippen LogP contribution in [-0.4, -0.2) is 34.9 Å². The predicted octanol–water partition coefficient (Wildman–Crippen LogP) is 3.74. The molecule has 4 heteroatoms. The van der Waals surface area contributed by atoms with Crippen molar-refractivity contribution in [2.24, 2.45) is 0 Å². The van der Waals surface area contributed by atoms with Crippen LogP contribution in [0.5, 0.6) is 0 Å². The number of benzene rings is 1. The number of aryl methyl sites for hydroxylation is 1. The summed E-state index contributed by atoms with van der Waals surface area (Å²) < 4.78 is 0. The second-order valence-corrected chi connectivity index (χ2v) is 7.36. The van der Waals surface area contributed by atoms with E-state index in [1.54, 1.807) is 6.08 Å². The summed E-state index contributed by atoms with van der Waals surface area (Å²) in [6.45, 7) is 4.93. The Morgan fingerprint density at radius 1 is 1.15 bits per heavy atom. The second kappa shape index (κ2) is 10.0. The Kier molecular flexibility index (Phi) is 7.17. The second-order valence-electron chi connectivity index (χ2n) is 7.36. The Morgan fingerprint density at radius 2 is 1.89 bits per heavy atom. The molecule has 1 N–H and O–H groups in total. The van der Waals surface area contributed by atoms with Crippen molar-refractivity contribution in [3.05, 3.63) is 77.6 Å². The molecule has 2 heterocycles. The van der Waals surface area contributed by atoms with Crippen molar-refractivity contribution in [1.29, 1.82) is 0 Å². The summed E-state index contributed by atoms with van der Waals surface area (Å²) in [6, 6.07) is 16.7. The van der Waals surface area contributed by atoms with Gasteiger partial charge in [-0.3, -0.25) is 14.7 Å². The summed E-state index contributed by atoms with van der Waals surface area (Å²) in [5.74, 6) is 0.0451. The molecule has 0 saturated carbocycles. The lowest BCUT2D eigenvalue weighted by Crippen LogP contribution is -2.44. The van der Waals surface area contributed by atoms with Crippen LogP contribution in [0.4, 0.5) is 0 Å². The first-order chi connectivity index (χ1) is 13.2. The number of nitrogens with one attached hydrogen (secondary N) is 1. The molecule has 0 radical (unpaired) electrons. The van der Waals surface area contributed by atoms with Gasteiger partial charge in [0.05, 0.1) is 5.69 Å². The molecule has 0 bridgehead atoms. The van der Waals surface area contributed by atoms with Crippen LogP contribution >= 0.6 is 0 Å². The van der Waals surface area contributed by atoms with Gasteiger partial charge in [0, 0.05) is 37.9 Å². The number of hydrogen-bond donors (Lipinski definition) is 1. The third-order valence-electron chi connectivity index (χ3n) is 5.07. The van der Waals surface area contributed by atoms with Crippen molar-refractivity contribution in [2.45, 2.75) is 45.2 Å². The molecule has 3 rings (SSSR count). The molecule has 27 heavy (non-hydrogen) atoms. The van der Waals surface area contributed by atoms with E-state index < -0.39 is 0 Å². The van der Waals surface area contributed by atoms with Crippen molar-refractivity contribution in [1.82, 2.24) is 15.2 Å². The highest BCUT2D eigenvalue weighted by atomic mass is 16.1. The molecule has 1 saturated heterocycles. The zero-order valence-corrected chi connectivity index (χ0v) is 16.1. The van der Waals surface area contributed by atoms with E-state index in [-0.39, 0.29) is 11.9 Å². The zero-order chi connectivity index (χ0) is 18.9. The number of pyridine rings is 1. The first-order valence-corrected chi connectivity index (χ1v) is 9.83. The molecule has 1 amide bonds. The van der Waals surface area contributed by atoms with Crippen LogP contribution in [0, 0.1) is 0 Å². The summed E-state index contributed by atoms with van der Waals surface area (Å²) >= 11 is 0. The lowest BCUT2D eigenvalue weighted by atomic mass is 10.0. The number of hydrogen-bond acceptors (Lipinski definition) is 3. The van der Waals surface area contributed by atoms with Crippen LogP contribution in [0.3, 0.4) is 0 Å². The average molecular weight is 364 g/mol. The van der Waals surface area contributed by atoms with Gasteiger partial charge < -0.3 is 5.32 Å². The smallest absolute Gasteiger partial charge is 0.244 e. The van der Waals surface area contributed by atoms with Crippen LogP contribution in [0.2, 0.25) is 0 Å². The third-order valence-corrected chi connectivity index (χ3v) is 5.07. The molecule has 0 spiro atoms. The monoisotopic (exact) mass is 363 g/mol. The van der Waals surface area contributed by atoms with Crippen molar-refractivity contribution < 1.29 is 4.79 Å². The van der Waals surface area contributed by atoms with E-state index in [0.717, 1.165) is 56.6 Å². The van der Waals surface area contributed by atoms with Crippen LogP contribution in [0.15, 0.2) is 66.4 Å². The Labute approximate surface area is 162 Å². The summed E-state index contributed by atoms with van der Waals surface area (Å²) in [7, 11) is 0. The highest BCUT2D eigenvalue weighted by molar-refractivity contribution is 5.88. The van der Waals surface area contributed by atoms with Gasteiger partial charge in [-0.25, -0.2) is 0 Å². The van der Waals surface area contributed by atoms with Gasteiger partial charge in [0.1, 0.15) is 0 Å². The number of carbonyl (C=O) groups is 1. The summed E-state index contributed by atoms with van der Waals surface area (Å²) in [5, 5.41) is 3.17. The molecule has 1 fully saturated rings. The highest BCUT2D eigenvalue weighted by Gasteiger charge is 2.20. The van der Waals surface area contributed by atoms with Crippen LogP contribution in [0.25, 0.3) is 0 Å². The average Bonchev–Trinajstić information content (AvgIpc) is 2.69. The van der Waals surface area contributed by atoms with E-state index in [4.69, 9.17) is 0 Å².